The quantitative estimate of drug-likeness (QED) is 0.481. The van der Waals surface area contributed by atoms with Crippen LogP contribution >= 0.6 is 11.6 Å². The van der Waals surface area contributed by atoms with Crippen LogP contribution in [0.3, 0.4) is 0 Å². The van der Waals surface area contributed by atoms with E-state index in [-0.39, 0.29) is 16.3 Å². The zero-order valence-electron chi connectivity index (χ0n) is 18.5. The van der Waals surface area contributed by atoms with Crippen molar-refractivity contribution in [1.29, 1.82) is 0 Å². The number of anilines is 1. The summed E-state index contributed by atoms with van der Waals surface area (Å²) < 4.78 is 38.8. The SMILES string of the molecule is COc1ccccc1C(C)NC(=O)CN(c1cc(Cl)ccc1OC)S(=O)(=O)c1ccccc1. The number of para-hydroxylation sites is 1. The monoisotopic (exact) mass is 488 g/mol. The maximum Gasteiger partial charge on any atom is 0.264 e. The van der Waals surface area contributed by atoms with E-state index >= 15 is 0 Å². The first kappa shape index (κ1) is 24.4. The van der Waals surface area contributed by atoms with Gasteiger partial charge in [-0.1, -0.05) is 48.0 Å². The normalized spacial score (nSPS) is 12.0. The molecule has 0 radical (unpaired) electrons. The molecule has 1 atom stereocenters. The Morgan fingerprint density at radius 3 is 2.27 bits per heavy atom. The molecule has 0 saturated heterocycles. The topological polar surface area (TPSA) is 84.9 Å². The van der Waals surface area contributed by atoms with E-state index < -0.39 is 28.5 Å². The lowest BCUT2D eigenvalue weighted by molar-refractivity contribution is -0.120. The van der Waals surface area contributed by atoms with Crippen LogP contribution in [0.1, 0.15) is 18.5 Å². The van der Waals surface area contributed by atoms with Gasteiger partial charge >= 0.3 is 0 Å². The average molecular weight is 489 g/mol. The standard InChI is InChI=1S/C24H25ClN2O5S/c1-17(20-11-7-8-12-22(20)31-2)26-24(28)16-27(21-15-18(25)13-14-23(21)32-3)33(29,30)19-9-5-4-6-10-19/h4-15,17H,16H2,1-3H3,(H,26,28). The number of ether oxygens (including phenoxy) is 2. The average Bonchev–Trinajstić information content (AvgIpc) is 2.82. The van der Waals surface area contributed by atoms with Gasteiger partial charge in [0.1, 0.15) is 18.0 Å². The number of rotatable bonds is 9. The van der Waals surface area contributed by atoms with Crippen molar-refractivity contribution in [3.05, 3.63) is 83.4 Å². The zero-order valence-corrected chi connectivity index (χ0v) is 20.1. The molecule has 0 aromatic heterocycles. The van der Waals surface area contributed by atoms with Crippen molar-refractivity contribution in [2.75, 3.05) is 25.1 Å². The lowest BCUT2D eigenvalue weighted by Crippen LogP contribution is -2.41. The van der Waals surface area contributed by atoms with Crippen molar-refractivity contribution in [3.63, 3.8) is 0 Å². The summed E-state index contributed by atoms with van der Waals surface area (Å²) in [5.74, 6) is 0.384. The van der Waals surface area contributed by atoms with Crippen LogP contribution in [-0.2, 0) is 14.8 Å². The summed E-state index contributed by atoms with van der Waals surface area (Å²) in [7, 11) is -1.13. The fourth-order valence-corrected chi connectivity index (χ4v) is 5.01. The summed E-state index contributed by atoms with van der Waals surface area (Å²) in [5.41, 5.74) is 0.931. The van der Waals surface area contributed by atoms with Gasteiger partial charge in [-0.3, -0.25) is 9.10 Å². The molecule has 3 aromatic rings. The first-order valence-electron chi connectivity index (χ1n) is 10.1. The van der Waals surface area contributed by atoms with Gasteiger partial charge in [0.05, 0.1) is 30.8 Å². The third-order valence-electron chi connectivity index (χ3n) is 5.01. The zero-order chi connectivity index (χ0) is 24.0. The summed E-state index contributed by atoms with van der Waals surface area (Å²) in [6, 6.07) is 19.3. The van der Waals surface area contributed by atoms with Crippen LogP contribution in [0.4, 0.5) is 5.69 Å². The molecular formula is C24H25ClN2O5S. The maximum atomic E-state index is 13.5. The van der Waals surface area contributed by atoms with Gasteiger partial charge in [-0.15, -0.1) is 0 Å². The first-order valence-corrected chi connectivity index (χ1v) is 11.9. The molecule has 9 heteroatoms. The molecule has 0 aliphatic carbocycles. The fourth-order valence-electron chi connectivity index (χ4n) is 3.40. The molecule has 0 bridgehead atoms. The maximum absolute atomic E-state index is 13.5. The summed E-state index contributed by atoms with van der Waals surface area (Å²) in [4.78, 5) is 13.1. The molecule has 1 amide bonds. The molecular weight excluding hydrogens is 464 g/mol. The van der Waals surface area contributed by atoms with Gasteiger partial charge in [0.15, 0.2) is 0 Å². The second-order valence-corrected chi connectivity index (χ2v) is 9.47. The molecule has 0 aliphatic rings. The number of amides is 1. The van der Waals surface area contributed by atoms with Gasteiger partial charge in [-0.05, 0) is 43.3 Å². The van der Waals surface area contributed by atoms with E-state index in [0.29, 0.717) is 10.8 Å². The summed E-state index contributed by atoms with van der Waals surface area (Å²) in [6.07, 6.45) is 0. The Labute approximate surface area is 198 Å². The minimum Gasteiger partial charge on any atom is -0.496 e. The van der Waals surface area contributed by atoms with E-state index in [4.69, 9.17) is 21.1 Å². The number of carbonyl (C=O) groups is 1. The van der Waals surface area contributed by atoms with Crippen molar-refractivity contribution in [3.8, 4) is 11.5 Å². The van der Waals surface area contributed by atoms with Crippen molar-refractivity contribution in [2.24, 2.45) is 0 Å². The molecule has 0 saturated carbocycles. The van der Waals surface area contributed by atoms with E-state index in [1.165, 1.54) is 25.3 Å². The third-order valence-corrected chi connectivity index (χ3v) is 7.02. The number of sulfonamides is 1. The van der Waals surface area contributed by atoms with Crippen molar-refractivity contribution in [2.45, 2.75) is 17.9 Å². The smallest absolute Gasteiger partial charge is 0.264 e. The predicted octanol–water partition coefficient (Wildman–Crippen LogP) is 4.43. The molecule has 174 valence electrons. The molecule has 0 spiro atoms. The molecule has 7 nitrogen and oxygen atoms in total. The second-order valence-electron chi connectivity index (χ2n) is 7.17. The van der Waals surface area contributed by atoms with Gasteiger partial charge in [0, 0.05) is 10.6 Å². The Morgan fingerprint density at radius 1 is 0.970 bits per heavy atom. The van der Waals surface area contributed by atoms with Crippen LogP contribution < -0.4 is 19.1 Å². The number of hydrogen-bond acceptors (Lipinski definition) is 5. The van der Waals surface area contributed by atoms with Crippen molar-refractivity contribution in [1.82, 2.24) is 5.32 Å². The highest BCUT2D eigenvalue weighted by Crippen LogP contribution is 2.35. The molecule has 1 N–H and O–H groups in total. The van der Waals surface area contributed by atoms with Crippen LogP contribution in [-0.4, -0.2) is 35.1 Å². The summed E-state index contributed by atoms with van der Waals surface area (Å²) >= 11 is 6.16. The van der Waals surface area contributed by atoms with Crippen LogP contribution in [0.2, 0.25) is 5.02 Å². The van der Waals surface area contributed by atoms with E-state index in [0.717, 1.165) is 9.87 Å². The van der Waals surface area contributed by atoms with Gasteiger partial charge in [0.2, 0.25) is 5.91 Å². The van der Waals surface area contributed by atoms with Crippen LogP contribution in [0.25, 0.3) is 0 Å². The molecule has 0 heterocycles. The minimum absolute atomic E-state index is 0.0394. The number of carbonyl (C=O) groups excluding carboxylic acids is 1. The Bertz CT molecular complexity index is 1220. The molecule has 3 aromatic carbocycles. The van der Waals surface area contributed by atoms with E-state index in [9.17, 15) is 13.2 Å². The van der Waals surface area contributed by atoms with E-state index in [2.05, 4.69) is 5.32 Å². The van der Waals surface area contributed by atoms with Gasteiger partial charge < -0.3 is 14.8 Å². The highest BCUT2D eigenvalue weighted by atomic mass is 35.5. The molecule has 3 rings (SSSR count). The lowest BCUT2D eigenvalue weighted by Gasteiger charge is -2.26. The number of hydrogen-bond donors (Lipinski definition) is 1. The van der Waals surface area contributed by atoms with E-state index in [1.807, 2.05) is 18.2 Å². The van der Waals surface area contributed by atoms with E-state index in [1.54, 1.807) is 50.4 Å². The highest BCUT2D eigenvalue weighted by Gasteiger charge is 2.30. The second kappa shape index (κ2) is 10.6. The summed E-state index contributed by atoms with van der Waals surface area (Å²) in [6.45, 7) is 1.32. The Balaban J connectivity index is 1.97. The third kappa shape index (κ3) is 5.58. The Hall–Kier alpha value is -3.23. The van der Waals surface area contributed by atoms with Crippen LogP contribution in [0.5, 0.6) is 11.5 Å². The van der Waals surface area contributed by atoms with Crippen LogP contribution in [0.15, 0.2) is 77.7 Å². The van der Waals surface area contributed by atoms with Crippen molar-refractivity contribution >= 4 is 33.2 Å². The number of benzene rings is 3. The fraction of sp³-hybridized carbons (Fsp3) is 0.208. The Kier molecular flexibility index (Phi) is 7.84. The molecule has 0 aliphatic heterocycles. The molecule has 33 heavy (non-hydrogen) atoms. The largest absolute Gasteiger partial charge is 0.496 e. The summed E-state index contributed by atoms with van der Waals surface area (Å²) in [5, 5.41) is 3.16. The number of nitrogens with zero attached hydrogens (tertiary/aromatic N) is 1. The minimum atomic E-state index is -4.10. The predicted molar refractivity (Wildman–Crippen MR) is 129 cm³/mol. The van der Waals surface area contributed by atoms with Gasteiger partial charge in [0.25, 0.3) is 10.0 Å². The lowest BCUT2D eigenvalue weighted by atomic mass is 10.1. The molecule has 1 unspecified atom stereocenters. The number of nitrogens with one attached hydrogen (secondary N) is 1. The number of methoxy groups -OCH3 is 2. The van der Waals surface area contributed by atoms with Crippen molar-refractivity contribution < 1.29 is 22.7 Å². The van der Waals surface area contributed by atoms with Gasteiger partial charge in [-0.2, -0.15) is 0 Å². The highest BCUT2D eigenvalue weighted by molar-refractivity contribution is 7.92. The Morgan fingerprint density at radius 2 is 1.61 bits per heavy atom. The van der Waals surface area contributed by atoms with Gasteiger partial charge in [-0.25, -0.2) is 8.42 Å². The first-order chi connectivity index (χ1) is 15.8. The molecule has 0 fully saturated rings. The van der Waals surface area contributed by atoms with Crippen LogP contribution in [0, 0.1) is 0 Å². The number of halogens is 1.